The highest BCUT2D eigenvalue weighted by molar-refractivity contribution is 6.38. The molecule has 6 atom stereocenters. The molecule has 1 rings (SSSR count). The Balaban J connectivity index is 3.20. The first-order valence-corrected chi connectivity index (χ1v) is 19.3. The number of carbonyl (C=O) groups excluding carboxylic acids is 9. The smallest absolute Gasteiger partial charge is 0.326 e. The molecule has 59 heavy (non-hydrogen) atoms. The third-order valence-electron chi connectivity index (χ3n) is 9.08. The van der Waals surface area contributed by atoms with E-state index in [4.69, 9.17) is 11.5 Å². The average molecular weight is 836 g/mol. The van der Waals surface area contributed by atoms with Crippen molar-refractivity contribution in [3.63, 3.8) is 0 Å². The number of rotatable bonds is 25. The maximum absolute atomic E-state index is 14.0. The number of likely N-dealkylation sites (tertiary alicyclic amines) is 1. The lowest BCUT2D eigenvalue weighted by Crippen LogP contribution is -2.61. The fourth-order valence-electron chi connectivity index (χ4n) is 6.01. The van der Waals surface area contributed by atoms with Gasteiger partial charge in [0.25, 0.3) is 5.91 Å². The van der Waals surface area contributed by atoms with Crippen LogP contribution in [0.25, 0.3) is 0 Å². The first-order chi connectivity index (χ1) is 27.6. The molecule has 7 amide bonds. The van der Waals surface area contributed by atoms with Gasteiger partial charge in [0.05, 0.1) is 6.04 Å². The largest absolute Gasteiger partial charge is 0.481 e. The first kappa shape index (κ1) is 50.9. The van der Waals surface area contributed by atoms with E-state index >= 15 is 0 Å². The molecule has 0 aliphatic carbocycles. The summed E-state index contributed by atoms with van der Waals surface area (Å²) in [6, 6.07) is -7.83. The minimum Gasteiger partial charge on any atom is -0.481 e. The summed E-state index contributed by atoms with van der Waals surface area (Å²) < 4.78 is 4.65. The van der Waals surface area contributed by atoms with Crippen molar-refractivity contribution in [1.82, 2.24) is 36.8 Å². The summed E-state index contributed by atoms with van der Waals surface area (Å²) in [5.41, 5.74) is 0. The molecule has 328 valence electrons. The fourth-order valence-corrected chi connectivity index (χ4v) is 6.01. The van der Waals surface area contributed by atoms with E-state index in [1.165, 1.54) is 4.90 Å². The second kappa shape index (κ2) is 25.3. The molecule has 1 aliphatic rings. The molecular formula is C38H57N7O14. The van der Waals surface area contributed by atoms with Crippen LogP contribution in [0.4, 0.5) is 0 Å². The third kappa shape index (κ3) is 17.5. The lowest BCUT2D eigenvalue weighted by atomic mass is 9.98. The minimum absolute atomic E-state index is 0.0641. The van der Waals surface area contributed by atoms with Crippen molar-refractivity contribution in [3.05, 3.63) is 0 Å². The summed E-state index contributed by atoms with van der Waals surface area (Å²) in [6.07, 6.45) is 4.20. The predicted molar refractivity (Wildman–Crippen MR) is 206 cm³/mol. The van der Waals surface area contributed by atoms with Gasteiger partial charge >= 0.3 is 17.9 Å². The average Bonchev–Trinajstić information content (AvgIpc) is 3.66. The highest BCUT2D eigenvalue weighted by Gasteiger charge is 2.41. The molecule has 1 saturated heterocycles. The molecule has 8 N–H and O–H groups in total. The van der Waals surface area contributed by atoms with E-state index < -0.39 is 139 Å². The third-order valence-corrected chi connectivity index (χ3v) is 9.08. The number of hydrogen-bond acceptors (Lipinski definition) is 12. The molecule has 0 radical (unpaired) electrons. The van der Waals surface area contributed by atoms with E-state index in [9.17, 15) is 57.8 Å². The van der Waals surface area contributed by atoms with Gasteiger partial charge in [0.15, 0.2) is 6.61 Å². The van der Waals surface area contributed by atoms with Crippen molar-refractivity contribution in [2.75, 3.05) is 19.7 Å². The summed E-state index contributed by atoms with van der Waals surface area (Å²) in [5.74, 6) is -9.45. The highest BCUT2D eigenvalue weighted by atomic mass is 16.5. The van der Waals surface area contributed by atoms with Crippen LogP contribution in [0.2, 0.25) is 0 Å². The lowest BCUT2D eigenvalue weighted by Gasteiger charge is -2.33. The second-order valence-corrected chi connectivity index (χ2v) is 14.6. The normalized spacial score (nSPS) is 15.9. The molecule has 0 spiro atoms. The highest BCUT2D eigenvalue weighted by Crippen LogP contribution is 2.21. The zero-order chi connectivity index (χ0) is 45.0. The second-order valence-electron chi connectivity index (χ2n) is 14.6. The van der Waals surface area contributed by atoms with E-state index in [2.05, 4.69) is 42.6 Å². The Morgan fingerprint density at radius 3 is 1.80 bits per heavy atom. The number of nitrogens with zero attached hydrogens (tertiary/aromatic N) is 1. The van der Waals surface area contributed by atoms with Gasteiger partial charge in [0.1, 0.15) is 36.8 Å². The molecule has 0 saturated carbocycles. The number of Topliss-reactive ketones (excluding diaryl/α,β-unsaturated/α-hetero) is 1. The number of carboxylic acids is 2. The number of carboxylic acid groups (broad SMARTS) is 2. The van der Waals surface area contributed by atoms with Gasteiger partial charge in [-0.15, -0.1) is 6.42 Å². The van der Waals surface area contributed by atoms with Crippen LogP contribution in [-0.4, -0.2) is 136 Å². The van der Waals surface area contributed by atoms with Crippen molar-refractivity contribution in [1.29, 1.82) is 0 Å². The summed E-state index contributed by atoms with van der Waals surface area (Å²) in [4.78, 5) is 141. The summed E-state index contributed by atoms with van der Waals surface area (Å²) in [5, 5.41) is 32.8. The number of amides is 7. The van der Waals surface area contributed by atoms with Crippen LogP contribution in [0.15, 0.2) is 0 Å². The van der Waals surface area contributed by atoms with Gasteiger partial charge in [-0.3, -0.25) is 52.7 Å². The number of ether oxygens (including phenoxy) is 1. The van der Waals surface area contributed by atoms with Gasteiger partial charge in [-0.2, -0.15) is 0 Å². The zero-order valence-electron chi connectivity index (χ0n) is 34.2. The molecule has 1 fully saturated rings. The quantitative estimate of drug-likeness (QED) is 0.0284. The summed E-state index contributed by atoms with van der Waals surface area (Å²) >= 11 is 0. The number of esters is 1. The molecule has 21 nitrogen and oxygen atoms in total. The van der Waals surface area contributed by atoms with Crippen LogP contribution >= 0.6 is 0 Å². The molecule has 0 aromatic heterocycles. The van der Waals surface area contributed by atoms with Gasteiger partial charge in [-0.05, 0) is 43.9 Å². The summed E-state index contributed by atoms with van der Waals surface area (Å²) in [7, 11) is 0. The van der Waals surface area contributed by atoms with Gasteiger partial charge < -0.3 is 51.8 Å². The van der Waals surface area contributed by atoms with Crippen molar-refractivity contribution >= 4 is 65.0 Å². The van der Waals surface area contributed by atoms with Crippen molar-refractivity contribution in [2.24, 2.45) is 11.8 Å². The van der Waals surface area contributed by atoms with Gasteiger partial charge in [-0.25, -0.2) is 0 Å². The Morgan fingerprint density at radius 2 is 1.29 bits per heavy atom. The first-order valence-electron chi connectivity index (χ1n) is 19.3. The van der Waals surface area contributed by atoms with E-state index in [1.54, 1.807) is 34.6 Å². The molecule has 21 heteroatoms. The standard InChI is InChI=1S/C38H57N7O14/c1-8-11-23(32(52)37(57)39-19-29(51)59-18-9-2)41-35(55)26-12-10-17-45(26)38(58)31(21(5)6)44-36(56)30(20(3)4)43-34(54)25(14-16-28(49)50)42-33(53)24(40-22(7)46)13-15-27(47)48/h2,20-21,23-26,30-31H,8,10-19H2,1,3-7H3,(H,39,57)(H,40,46)(H,41,55)(H,42,53)(H,43,54)(H,44,56)(H,47,48)(H,49,50)/t23?,24?,25?,26-,30?,31?/m0/s1. The molecule has 1 heterocycles. The van der Waals surface area contributed by atoms with Gasteiger partial charge in [-0.1, -0.05) is 47.0 Å². The number of nitrogens with one attached hydrogen (secondary N) is 6. The molecule has 0 aromatic rings. The topological polar surface area (TPSA) is 313 Å². The Morgan fingerprint density at radius 1 is 0.746 bits per heavy atom. The van der Waals surface area contributed by atoms with E-state index in [-0.39, 0.29) is 32.4 Å². The number of ketones is 1. The minimum atomic E-state index is -1.54. The van der Waals surface area contributed by atoms with Crippen molar-refractivity contribution in [3.8, 4) is 12.3 Å². The number of hydrogen-bond donors (Lipinski definition) is 8. The van der Waals surface area contributed by atoms with Crippen LogP contribution < -0.4 is 31.9 Å². The Hall–Kier alpha value is -6.07. The zero-order valence-corrected chi connectivity index (χ0v) is 34.2. The maximum atomic E-state index is 14.0. The monoisotopic (exact) mass is 835 g/mol. The summed E-state index contributed by atoms with van der Waals surface area (Å²) in [6.45, 7) is 8.42. The molecular weight excluding hydrogens is 778 g/mol. The lowest BCUT2D eigenvalue weighted by molar-refractivity contribution is -0.145. The van der Waals surface area contributed by atoms with Crippen LogP contribution in [0.5, 0.6) is 0 Å². The Bertz CT molecular complexity index is 1620. The number of carbonyl (C=O) groups is 11. The van der Waals surface area contributed by atoms with Crippen LogP contribution in [-0.2, 0) is 57.5 Å². The van der Waals surface area contributed by atoms with Gasteiger partial charge in [0.2, 0.25) is 41.2 Å². The van der Waals surface area contributed by atoms with Crippen LogP contribution in [0.1, 0.15) is 92.9 Å². The Labute approximate surface area is 342 Å². The Kier molecular flexibility index (Phi) is 21.9. The molecule has 0 bridgehead atoms. The van der Waals surface area contributed by atoms with Crippen molar-refractivity contribution in [2.45, 2.75) is 129 Å². The van der Waals surface area contributed by atoms with E-state index in [0.29, 0.717) is 12.8 Å². The predicted octanol–water partition coefficient (Wildman–Crippen LogP) is -1.88. The van der Waals surface area contributed by atoms with E-state index in [0.717, 1.165) is 6.92 Å². The SMILES string of the molecule is C#CCOC(=O)CNC(=O)C(=O)C(CCC)NC(=O)[C@@H]1CCCN1C(=O)C(NC(=O)C(NC(=O)C(CCC(=O)O)NC(=O)C(CCC(=O)O)NC(C)=O)C(C)C)C(C)C. The fraction of sp³-hybridized carbons (Fsp3) is 0.658. The number of terminal acetylenes is 1. The van der Waals surface area contributed by atoms with Crippen LogP contribution in [0, 0.1) is 24.2 Å². The van der Waals surface area contributed by atoms with Crippen LogP contribution in [0.3, 0.4) is 0 Å². The number of aliphatic carboxylic acids is 2. The van der Waals surface area contributed by atoms with Crippen molar-refractivity contribution < 1.29 is 67.7 Å². The molecule has 0 aromatic carbocycles. The van der Waals surface area contributed by atoms with Gasteiger partial charge in [0, 0.05) is 26.3 Å². The molecule has 5 unspecified atom stereocenters. The van der Waals surface area contributed by atoms with E-state index in [1.807, 2.05) is 0 Å². The molecule has 1 aliphatic heterocycles. The maximum Gasteiger partial charge on any atom is 0.326 e.